The molecule has 2 N–H and O–H groups in total. The lowest BCUT2D eigenvalue weighted by molar-refractivity contribution is 0.401. The van der Waals surface area contributed by atoms with E-state index in [2.05, 4.69) is 10.0 Å². The minimum Gasteiger partial charge on any atom is -0.447 e. The monoisotopic (exact) mass is 308 g/mol. The maximum atomic E-state index is 12.2. The number of hydrogen-bond acceptors (Lipinski definition) is 4. The van der Waals surface area contributed by atoms with Crippen LogP contribution in [-0.2, 0) is 23.1 Å². The average molecular weight is 308 g/mol. The summed E-state index contributed by atoms with van der Waals surface area (Å²) in [4.78, 5) is 0. The third kappa shape index (κ3) is 4.42. The van der Waals surface area contributed by atoms with Gasteiger partial charge in [0.05, 0.1) is 6.54 Å². The summed E-state index contributed by atoms with van der Waals surface area (Å²) in [5.41, 5.74) is 2.01. The lowest BCUT2D eigenvalue weighted by Gasteiger charge is -2.05. The number of benzene rings is 1. The van der Waals surface area contributed by atoms with Gasteiger partial charge in [0.2, 0.25) is 5.09 Å². The number of aryl methyl sites for hydroxylation is 1. The van der Waals surface area contributed by atoms with Gasteiger partial charge in [0, 0.05) is 6.54 Å². The summed E-state index contributed by atoms with van der Waals surface area (Å²) in [5.74, 6) is 0.604. The van der Waals surface area contributed by atoms with Gasteiger partial charge in [-0.3, -0.25) is 0 Å². The maximum Gasteiger partial charge on any atom is 0.274 e. The number of rotatable bonds is 7. The molecule has 0 spiro atoms. The highest BCUT2D eigenvalue weighted by molar-refractivity contribution is 7.89. The van der Waals surface area contributed by atoms with Crippen molar-refractivity contribution in [1.29, 1.82) is 0 Å². The summed E-state index contributed by atoms with van der Waals surface area (Å²) >= 11 is 0. The van der Waals surface area contributed by atoms with Crippen molar-refractivity contribution in [2.24, 2.45) is 0 Å². The summed E-state index contributed by atoms with van der Waals surface area (Å²) in [7, 11) is -3.62. The number of hydrogen-bond donors (Lipinski definition) is 2. The van der Waals surface area contributed by atoms with Gasteiger partial charge in [-0.05, 0) is 31.2 Å². The topological polar surface area (TPSA) is 71.3 Å². The van der Waals surface area contributed by atoms with Gasteiger partial charge < -0.3 is 9.73 Å². The second-order valence-corrected chi connectivity index (χ2v) is 6.51. The van der Waals surface area contributed by atoms with Crippen LogP contribution in [-0.4, -0.2) is 15.0 Å². The fourth-order valence-electron chi connectivity index (χ4n) is 1.92. The molecule has 0 aliphatic carbocycles. The molecule has 1 aromatic carbocycles. The number of sulfonamides is 1. The van der Waals surface area contributed by atoms with Gasteiger partial charge in [0.25, 0.3) is 10.0 Å². The molecule has 21 heavy (non-hydrogen) atoms. The Bertz CT molecular complexity index is 692. The highest BCUT2D eigenvalue weighted by Gasteiger charge is 2.18. The quantitative estimate of drug-likeness (QED) is 0.822. The molecule has 0 unspecified atom stereocenters. The van der Waals surface area contributed by atoms with Crippen LogP contribution in [0.5, 0.6) is 0 Å². The third-order valence-electron chi connectivity index (χ3n) is 3.00. The molecule has 0 radical (unpaired) electrons. The van der Waals surface area contributed by atoms with Crippen molar-refractivity contribution < 1.29 is 12.8 Å². The Morgan fingerprint density at radius 3 is 2.67 bits per heavy atom. The van der Waals surface area contributed by atoms with E-state index in [0.717, 1.165) is 17.7 Å². The standard InChI is InChI=1S/C15H20N2O3S/c1-3-16-11-14-7-8-15(20-14)21(18,19)17-10-13-6-4-5-12(2)9-13/h4-9,16-17H,3,10-11H2,1-2H3. The van der Waals surface area contributed by atoms with Crippen LogP contribution in [0.1, 0.15) is 23.8 Å². The minimum absolute atomic E-state index is 0.0527. The van der Waals surface area contributed by atoms with Crippen molar-refractivity contribution in [1.82, 2.24) is 10.0 Å². The Labute approximate surface area is 125 Å². The lowest BCUT2D eigenvalue weighted by atomic mass is 10.1. The summed E-state index contributed by atoms with van der Waals surface area (Å²) in [6, 6.07) is 10.8. The first-order valence-corrected chi connectivity index (χ1v) is 8.34. The van der Waals surface area contributed by atoms with E-state index in [0.29, 0.717) is 12.3 Å². The zero-order chi connectivity index (χ0) is 15.3. The van der Waals surface area contributed by atoms with Crippen LogP contribution >= 0.6 is 0 Å². The molecule has 114 valence electrons. The smallest absolute Gasteiger partial charge is 0.274 e. The van der Waals surface area contributed by atoms with Crippen LogP contribution in [0.25, 0.3) is 0 Å². The van der Waals surface area contributed by atoms with Crippen molar-refractivity contribution in [3.63, 3.8) is 0 Å². The molecule has 2 aromatic rings. The molecule has 0 aliphatic heterocycles. The van der Waals surface area contributed by atoms with Crippen molar-refractivity contribution in [3.8, 4) is 0 Å². The molecule has 0 atom stereocenters. The zero-order valence-corrected chi connectivity index (χ0v) is 13.0. The largest absolute Gasteiger partial charge is 0.447 e. The van der Waals surface area contributed by atoms with Gasteiger partial charge in [0.1, 0.15) is 5.76 Å². The van der Waals surface area contributed by atoms with E-state index in [4.69, 9.17) is 4.42 Å². The summed E-state index contributed by atoms with van der Waals surface area (Å²) in [6.45, 7) is 5.51. The third-order valence-corrected chi connectivity index (χ3v) is 4.27. The molecule has 2 rings (SSSR count). The van der Waals surface area contributed by atoms with E-state index < -0.39 is 10.0 Å². The van der Waals surface area contributed by atoms with Crippen LogP contribution in [0.4, 0.5) is 0 Å². The van der Waals surface area contributed by atoms with E-state index in [1.54, 1.807) is 6.07 Å². The molecule has 6 heteroatoms. The van der Waals surface area contributed by atoms with Crippen LogP contribution in [0.3, 0.4) is 0 Å². The predicted molar refractivity (Wildman–Crippen MR) is 81.3 cm³/mol. The first kappa shape index (κ1) is 15.8. The molecule has 0 aliphatic rings. The molecule has 0 bridgehead atoms. The Hall–Kier alpha value is -1.63. The molecule has 0 fully saturated rings. The van der Waals surface area contributed by atoms with E-state index in [-0.39, 0.29) is 11.6 Å². The highest BCUT2D eigenvalue weighted by atomic mass is 32.2. The summed E-state index contributed by atoms with van der Waals surface area (Å²) in [6.07, 6.45) is 0. The molecule has 1 heterocycles. The molecular formula is C15H20N2O3S. The second kappa shape index (κ2) is 6.89. The Balaban J connectivity index is 2.02. The van der Waals surface area contributed by atoms with Crippen LogP contribution in [0.15, 0.2) is 45.9 Å². The van der Waals surface area contributed by atoms with E-state index in [9.17, 15) is 8.42 Å². The van der Waals surface area contributed by atoms with Crippen molar-refractivity contribution in [2.75, 3.05) is 6.54 Å². The van der Waals surface area contributed by atoms with Gasteiger partial charge in [-0.2, -0.15) is 0 Å². The average Bonchev–Trinajstić information content (AvgIpc) is 2.93. The molecule has 0 amide bonds. The Morgan fingerprint density at radius 2 is 1.95 bits per heavy atom. The number of furan rings is 1. The number of nitrogens with one attached hydrogen (secondary N) is 2. The fourth-order valence-corrected chi connectivity index (χ4v) is 2.88. The van der Waals surface area contributed by atoms with E-state index >= 15 is 0 Å². The van der Waals surface area contributed by atoms with Crippen LogP contribution in [0.2, 0.25) is 0 Å². The minimum atomic E-state index is -3.62. The van der Waals surface area contributed by atoms with Gasteiger partial charge in [-0.15, -0.1) is 0 Å². The highest BCUT2D eigenvalue weighted by Crippen LogP contribution is 2.14. The Morgan fingerprint density at radius 1 is 1.14 bits per heavy atom. The maximum absolute atomic E-state index is 12.2. The summed E-state index contributed by atoms with van der Waals surface area (Å²) < 4.78 is 32.2. The van der Waals surface area contributed by atoms with Crippen molar-refractivity contribution >= 4 is 10.0 Å². The summed E-state index contributed by atoms with van der Waals surface area (Å²) in [5, 5.41) is 3.03. The van der Waals surface area contributed by atoms with Gasteiger partial charge in [0.15, 0.2) is 0 Å². The van der Waals surface area contributed by atoms with Gasteiger partial charge in [-0.25, -0.2) is 13.1 Å². The first-order valence-electron chi connectivity index (χ1n) is 6.86. The Kier molecular flexibility index (Phi) is 5.17. The van der Waals surface area contributed by atoms with Gasteiger partial charge in [-0.1, -0.05) is 36.8 Å². The van der Waals surface area contributed by atoms with Gasteiger partial charge >= 0.3 is 0 Å². The van der Waals surface area contributed by atoms with Crippen LogP contribution in [0, 0.1) is 6.92 Å². The molecule has 5 nitrogen and oxygen atoms in total. The second-order valence-electron chi connectivity index (χ2n) is 4.81. The van der Waals surface area contributed by atoms with Crippen molar-refractivity contribution in [3.05, 3.63) is 53.3 Å². The molecule has 0 saturated heterocycles. The van der Waals surface area contributed by atoms with Crippen LogP contribution < -0.4 is 10.0 Å². The first-order chi connectivity index (χ1) is 10.0. The molecule has 1 aromatic heterocycles. The molecule has 0 saturated carbocycles. The van der Waals surface area contributed by atoms with E-state index in [1.807, 2.05) is 38.1 Å². The molecular weight excluding hydrogens is 288 g/mol. The zero-order valence-electron chi connectivity index (χ0n) is 12.2. The SMILES string of the molecule is CCNCc1ccc(S(=O)(=O)NCc2cccc(C)c2)o1. The van der Waals surface area contributed by atoms with Crippen molar-refractivity contribution in [2.45, 2.75) is 32.0 Å². The predicted octanol–water partition coefficient (Wildman–Crippen LogP) is 2.18. The fraction of sp³-hybridized carbons (Fsp3) is 0.333. The lowest BCUT2D eigenvalue weighted by Crippen LogP contribution is -2.22. The normalized spacial score (nSPS) is 11.7. The van der Waals surface area contributed by atoms with E-state index in [1.165, 1.54) is 6.07 Å².